The van der Waals surface area contributed by atoms with Gasteiger partial charge in [-0.25, -0.2) is 4.90 Å². The number of hydrogen-bond donors (Lipinski definition) is 0. The molecule has 2 fully saturated rings. The highest BCUT2D eigenvalue weighted by molar-refractivity contribution is 6.33. The van der Waals surface area contributed by atoms with E-state index < -0.39 is 6.04 Å². The minimum atomic E-state index is -0.466. The summed E-state index contributed by atoms with van der Waals surface area (Å²) in [4.78, 5) is 31.6. The van der Waals surface area contributed by atoms with Crippen LogP contribution in [0.4, 0.5) is 11.4 Å². The first-order valence-corrected chi connectivity index (χ1v) is 10.6. The van der Waals surface area contributed by atoms with Crippen LogP contribution in [-0.2, 0) is 9.59 Å². The van der Waals surface area contributed by atoms with Crippen molar-refractivity contribution >= 4 is 46.4 Å². The third kappa shape index (κ3) is 3.75. The largest absolute Gasteiger partial charge is 0.495 e. The summed E-state index contributed by atoms with van der Waals surface area (Å²) < 4.78 is 5.38. The average Bonchev–Trinajstić information content (AvgIpc) is 3.04. The SMILES string of the molecule is COc1cc(Cl)c(C)cc1N1C(=O)C[C@@H](N2CCN(c3ccccc3Cl)CC2)C1=O. The number of rotatable bonds is 4. The minimum Gasteiger partial charge on any atom is -0.495 e. The summed E-state index contributed by atoms with van der Waals surface area (Å²) in [6.07, 6.45) is 0.162. The molecule has 4 rings (SSSR count). The number of nitrogens with zero attached hydrogens (tertiary/aromatic N) is 3. The lowest BCUT2D eigenvalue weighted by Crippen LogP contribution is -2.52. The molecule has 2 amide bonds. The zero-order valence-electron chi connectivity index (χ0n) is 16.9. The van der Waals surface area contributed by atoms with Crippen molar-refractivity contribution in [2.24, 2.45) is 0 Å². The van der Waals surface area contributed by atoms with E-state index in [1.165, 1.54) is 12.0 Å². The number of aryl methyl sites for hydroxylation is 1. The predicted octanol–water partition coefficient (Wildman–Crippen LogP) is 3.76. The second kappa shape index (κ2) is 8.46. The van der Waals surface area contributed by atoms with Gasteiger partial charge in [-0.1, -0.05) is 35.3 Å². The number of piperazine rings is 1. The second-order valence-electron chi connectivity index (χ2n) is 7.53. The van der Waals surface area contributed by atoms with Gasteiger partial charge in [0.1, 0.15) is 5.75 Å². The van der Waals surface area contributed by atoms with E-state index in [9.17, 15) is 9.59 Å². The Bertz CT molecular complexity index is 990. The first-order chi connectivity index (χ1) is 14.4. The Morgan fingerprint density at radius 1 is 0.967 bits per heavy atom. The smallest absolute Gasteiger partial charge is 0.251 e. The van der Waals surface area contributed by atoms with Gasteiger partial charge in [0.15, 0.2) is 0 Å². The van der Waals surface area contributed by atoms with Crippen molar-refractivity contribution < 1.29 is 14.3 Å². The summed E-state index contributed by atoms with van der Waals surface area (Å²) >= 11 is 12.5. The average molecular weight is 448 g/mol. The van der Waals surface area contributed by atoms with E-state index >= 15 is 0 Å². The zero-order chi connectivity index (χ0) is 21.4. The van der Waals surface area contributed by atoms with Crippen LogP contribution in [0.3, 0.4) is 0 Å². The molecule has 2 heterocycles. The molecule has 2 aliphatic rings. The number of carbonyl (C=O) groups is 2. The Hall–Kier alpha value is -2.28. The number of benzene rings is 2. The quantitative estimate of drug-likeness (QED) is 0.667. The summed E-state index contributed by atoms with van der Waals surface area (Å²) in [6.45, 7) is 4.68. The molecule has 8 heteroatoms. The van der Waals surface area contributed by atoms with Gasteiger partial charge < -0.3 is 9.64 Å². The maximum Gasteiger partial charge on any atom is 0.251 e. The highest BCUT2D eigenvalue weighted by atomic mass is 35.5. The van der Waals surface area contributed by atoms with Crippen LogP contribution < -0.4 is 14.5 Å². The Morgan fingerprint density at radius 2 is 1.67 bits per heavy atom. The summed E-state index contributed by atoms with van der Waals surface area (Å²) in [5, 5.41) is 1.25. The molecule has 0 saturated carbocycles. The number of amides is 2. The van der Waals surface area contributed by atoms with E-state index in [2.05, 4.69) is 9.80 Å². The third-order valence-electron chi connectivity index (χ3n) is 5.77. The van der Waals surface area contributed by atoms with Crippen LogP contribution in [0.1, 0.15) is 12.0 Å². The molecule has 0 spiro atoms. The number of anilines is 2. The Balaban J connectivity index is 1.50. The summed E-state index contributed by atoms with van der Waals surface area (Å²) in [6, 6.07) is 10.7. The van der Waals surface area contributed by atoms with E-state index in [4.69, 9.17) is 27.9 Å². The van der Waals surface area contributed by atoms with Crippen LogP contribution >= 0.6 is 23.2 Å². The number of imide groups is 1. The molecule has 0 bridgehead atoms. The van der Waals surface area contributed by atoms with E-state index in [1.807, 2.05) is 31.2 Å². The first kappa shape index (κ1) is 21.0. The van der Waals surface area contributed by atoms with Gasteiger partial charge in [0.25, 0.3) is 5.91 Å². The number of hydrogen-bond acceptors (Lipinski definition) is 5. The Kier molecular flexibility index (Phi) is 5.91. The highest BCUT2D eigenvalue weighted by Gasteiger charge is 2.44. The van der Waals surface area contributed by atoms with Gasteiger partial charge in [0.05, 0.1) is 36.0 Å². The number of carbonyl (C=O) groups excluding carboxylic acids is 2. The summed E-state index contributed by atoms with van der Waals surface area (Å²) in [5.41, 5.74) is 2.23. The molecule has 2 aliphatic heterocycles. The molecule has 30 heavy (non-hydrogen) atoms. The zero-order valence-corrected chi connectivity index (χ0v) is 18.4. The number of para-hydroxylation sites is 1. The predicted molar refractivity (Wildman–Crippen MR) is 119 cm³/mol. The fourth-order valence-electron chi connectivity index (χ4n) is 4.12. The lowest BCUT2D eigenvalue weighted by molar-refractivity contribution is -0.123. The van der Waals surface area contributed by atoms with Gasteiger partial charge in [0, 0.05) is 37.3 Å². The number of methoxy groups -OCH3 is 1. The van der Waals surface area contributed by atoms with Gasteiger partial charge in [-0.2, -0.15) is 0 Å². The molecule has 1 atom stereocenters. The van der Waals surface area contributed by atoms with Gasteiger partial charge >= 0.3 is 0 Å². The van der Waals surface area contributed by atoms with E-state index in [-0.39, 0.29) is 18.2 Å². The fourth-order valence-corrected chi connectivity index (χ4v) is 4.53. The van der Waals surface area contributed by atoms with Crippen LogP contribution in [0.2, 0.25) is 10.0 Å². The minimum absolute atomic E-state index is 0.162. The normalized spacial score (nSPS) is 20.2. The Labute approximate surface area is 185 Å². The molecule has 2 aromatic rings. The lowest BCUT2D eigenvalue weighted by atomic mass is 10.1. The molecule has 0 radical (unpaired) electrons. The van der Waals surface area contributed by atoms with Crippen molar-refractivity contribution in [2.75, 3.05) is 43.1 Å². The molecule has 6 nitrogen and oxygen atoms in total. The second-order valence-corrected chi connectivity index (χ2v) is 8.35. The molecule has 0 aliphatic carbocycles. The third-order valence-corrected chi connectivity index (χ3v) is 6.50. The van der Waals surface area contributed by atoms with Crippen molar-refractivity contribution in [3.8, 4) is 5.75 Å². The van der Waals surface area contributed by atoms with Crippen LogP contribution in [0.15, 0.2) is 36.4 Å². The topological polar surface area (TPSA) is 53.1 Å². The van der Waals surface area contributed by atoms with Gasteiger partial charge in [-0.3, -0.25) is 14.5 Å². The van der Waals surface area contributed by atoms with Crippen LogP contribution in [-0.4, -0.2) is 56.0 Å². The molecule has 0 unspecified atom stereocenters. The van der Waals surface area contributed by atoms with Crippen LogP contribution in [0.5, 0.6) is 5.75 Å². The number of ether oxygens (including phenoxy) is 1. The maximum atomic E-state index is 13.2. The highest BCUT2D eigenvalue weighted by Crippen LogP contribution is 2.37. The monoisotopic (exact) mass is 447 g/mol. The van der Waals surface area contributed by atoms with Crippen LogP contribution in [0, 0.1) is 6.92 Å². The summed E-state index contributed by atoms with van der Waals surface area (Å²) in [7, 11) is 1.50. The molecule has 0 aromatic heterocycles. The molecular formula is C22H23Cl2N3O3. The molecule has 2 saturated heterocycles. The van der Waals surface area contributed by atoms with Crippen molar-refractivity contribution in [2.45, 2.75) is 19.4 Å². The van der Waals surface area contributed by atoms with Gasteiger partial charge in [0.2, 0.25) is 5.91 Å². The summed E-state index contributed by atoms with van der Waals surface area (Å²) in [5.74, 6) is -0.0266. The Morgan fingerprint density at radius 3 is 2.33 bits per heavy atom. The fraction of sp³-hybridized carbons (Fsp3) is 0.364. The lowest BCUT2D eigenvalue weighted by Gasteiger charge is -2.38. The standard InChI is InChI=1S/C22H23Cl2N3O3/c1-14-11-18(20(30-2)12-16(14)24)27-21(28)13-19(22(27)29)26-9-7-25(8-10-26)17-6-4-3-5-15(17)23/h3-6,11-12,19H,7-10,13H2,1-2H3/t19-/m1/s1. The molecule has 0 N–H and O–H groups in total. The number of halogens is 2. The van der Waals surface area contributed by atoms with Crippen LogP contribution in [0.25, 0.3) is 0 Å². The molecular weight excluding hydrogens is 425 g/mol. The maximum absolute atomic E-state index is 13.2. The van der Waals surface area contributed by atoms with E-state index in [1.54, 1.807) is 12.1 Å². The van der Waals surface area contributed by atoms with Gasteiger partial charge in [-0.05, 0) is 30.7 Å². The van der Waals surface area contributed by atoms with Gasteiger partial charge in [-0.15, -0.1) is 0 Å². The molecule has 2 aromatic carbocycles. The van der Waals surface area contributed by atoms with Crippen molar-refractivity contribution in [1.29, 1.82) is 0 Å². The van der Waals surface area contributed by atoms with E-state index in [0.717, 1.165) is 29.4 Å². The van der Waals surface area contributed by atoms with Crippen molar-refractivity contribution in [3.05, 3.63) is 52.0 Å². The van der Waals surface area contributed by atoms with E-state index in [0.29, 0.717) is 29.5 Å². The molecule has 158 valence electrons. The van der Waals surface area contributed by atoms with Crippen molar-refractivity contribution in [1.82, 2.24) is 4.90 Å². The first-order valence-electron chi connectivity index (χ1n) is 9.85. The van der Waals surface area contributed by atoms with Crippen molar-refractivity contribution in [3.63, 3.8) is 0 Å².